The summed E-state index contributed by atoms with van der Waals surface area (Å²) in [6, 6.07) is 0.298. The molecule has 3 N–H and O–H groups in total. The normalized spacial score (nSPS) is 20.8. The smallest absolute Gasteiger partial charge is 0.321 e. The topological polar surface area (TPSA) is 73.5 Å². The maximum atomic E-state index is 11.6. The minimum absolute atomic E-state index is 0.236. The van der Waals surface area contributed by atoms with Gasteiger partial charge >= 0.3 is 6.03 Å². The van der Waals surface area contributed by atoms with Gasteiger partial charge in [-0.1, -0.05) is 12.8 Å². The fraction of sp³-hybridized carbons (Fsp3) is 0.833. The fourth-order valence-corrected chi connectivity index (χ4v) is 2.40. The molecule has 1 heterocycles. The minimum Gasteiger partial charge on any atom is -0.335 e. The summed E-state index contributed by atoms with van der Waals surface area (Å²) < 4.78 is 0. The van der Waals surface area contributed by atoms with Gasteiger partial charge in [0.1, 0.15) is 0 Å². The molecule has 1 saturated heterocycles. The molecule has 1 aliphatic heterocycles. The number of imide groups is 1. The number of carbonyl (C=O) groups excluding carboxylic acids is 2. The molecule has 0 aromatic rings. The number of amides is 3. The van der Waals surface area contributed by atoms with E-state index in [0.717, 1.165) is 38.8 Å². The Kier molecular flexibility index (Phi) is 4.54. The van der Waals surface area contributed by atoms with Crippen LogP contribution in [0.25, 0.3) is 0 Å². The Balaban J connectivity index is 1.64. The summed E-state index contributed by atoms with van der Waals surface area (Å²) in [6.45, 7) is 2.10. The van der Waals surface area contributed by atoms with Gasteiger partial charge in [-0.15, -0.1) is 0 Å². The lowest BCUT2D eigenvalue weighted by Crippen LogP contribution is -2.58. The molecule has 3 amide bonds. The van der Waals surface area contributed by atoms with Crippen LogP contribution < -0.4 is 16.0 Å². The highest BCUT2D eigenvalue weighted by atomic mass is 16.2. The van der Waals surface area contributed by atoms with Gasteiger partial charge in [-0.2, -0.15) is 0 Å². The van der Waals surface area contributed by atoms with Gasteiger partial charge in [0.2, 0.25) is 5.91 Å². The van der Waals surface area contributed by atoms with E-state index in [0.29, 0.717) is 6.04 Å². The first-order chi connectivity index (χ1) is 8.65. The Morgan fingerprint density at radius 2 is 1.94 bits per heavy atom. The maximum Gasteiger partial charge on any atom is 0.321 e. The summed E-state index contributed by atoms with van der Waals surface area (Å²) in [5, 5.41) is 8.38. The van der Waals surface area contributed by atoms with Crippen molar-refractivity contribution in [3.8, 4) is 0 Å². The number of nitrogens with zero attached hydrogens (tertiary/aromatic N) is 1. The molecule has 0 atom stereocenters. The molecule has 2 fully saturated rings. The van der Waals surface area contributed by atoms with Crippen LogP contribution >= 0.6 is 0 Å². The van der Waals surface area contributed by atoms with Crippen molar-refractivity contribution in [2.45, 2.75) is 37.8 Å². The molecule has 0 aromatic carbocycles. The first-order valence-electron chi connectivity index (χ1n) is 6.66. The zero-order chi connectivity index (χ0) is 13.0. The lowest BCUT2D eigenvalue weighted by molar-refractivity contribution is -0.121. The molecule has 1 aliphatic carbocycles. The molecule has 0 unspecified atom stereocenters. The van der Waals surface area contributed by atoms with E-state index in [1.165, 1.54) is 0 Å². The molecule has 6 heteroatoms. The van der Waals surface area contributed by atoms with E-state index >= 15 is 0 Å². The third kappa shape index (κ3) is 3.68. The Morgan fingerprint density at radius 3 is 2.50 bits per heavy atom. The van der Waals surface area contributed by atoms with Crippen molar-refractivity contribution in [2.75, 3.05) is 26.7 Å². The van der Waals surface area contributed by atoms with Crippen LogP contribution in [0.15, 0.2) is 0 Å². The van der Waals surface area contributed by atoms with Gasteiger partial charge in [-0.3, -0.25) is 15.0 Å². The largest absolute Gasteiger partial charge is 0.335 e. The average Bonchev–Trinajstić information content (AvgIpc) is 2.66. The van der Waals surface area contributed by atoms with Crippen molar-refractivity contribution < 1.29 is 9.59 Å². The van der Waals surface area contributed by atoms with Crippen LogP contribution in [0.4, 0.5) is 4.79 Å². The standard InChI is InChI=1S/C12H22N4O2/c1-16(10-6-13-7-10)8-11(17)15-12(18)14-9-4-2-3-5-9/h9-10,13H,2-8H2,1H3,(H2,14,15,17,18). The van der Waals surface area contributed by atoms with Crippen LogP contribution in [0.2, 0.25) is 0 Å². The van der Waals surface area contributed by atoms with Crippen LogP contribution in [-0.2, 0) is 4.79 Å². The van der Waals surface area contributed by atoms with Gasteiger partial charge in [0.15, 0.2) is 0 Å². The van der Waals surface area contributed by atoms with Gasteiger partial charge in [0, 0.05) is 25.2 Å². The van der Waals surface area contributed by atoms with Crippen molar-refractivity contribution >= 4 is 11.9 Å². The van der Waals surface area contributed by atoms with Gasteiger partial charge in [0.05, 0.1) is 6.54 Å². The summed E-state index contributed by atoms with van der Waals surface area (Å²) in [5.74, 6) is -0.236. The van der Waals surface area contributed by atoms with Gasteiger partial charge in [-0.05, 0) is 19.9 Å². The molecule has 2 aliphatic rings. The van der Waals surface area contributed by atoms with E-state index in [4.69, 9.17) is 0 Å². The number of urea groups is 1. The predicted molar refractivity (Wildman–Crippen MR) is 68.2 cm³/mol. The van der Waals surface area contributed by atoms with E-state index in [-0.39, 0.29) is 24.5 Å². The molecular weight excluding hydrogens is 232 g/mol. The number of rotatable bonds is 4. The van der Waals surface area contributed by atoms with Gasteiger partial charge in [-0.25, -0.2) is 4.79 Å². The molecule has 0 bridgehead atoms. The predicted octanol–water partition coefficient (Wildman–Crippen LogP) is -0.342. The molecule has 2 rings (SSSR count). The lowest BCUT2D eigenvalue weighted by atomic mass is 10.1. The molecule has 102 valence electrons. The first-order valence-corrected chi connectivity index (χ1v) is 6.66. The summed E-state index contributed by atoms with van der Waals surface area (Å²) in [5.41, 5.74) is 0. The summed E-state index contributed by atoms with van der Waals surface area (Å²) >= 11 is 0. The van der Waals surface area contributed by atoms with Crippen molar-refractivity contribution in [1.82, 2.24) is 20.9 Å². The van der Waals surface area contributed by atoms with Crippen LogP contribution in [0.1, 0.15) is 25.7 Å². The molecular formula is C12H22N4O2. The summed E-state index contributed by atoms with van der Waals surface area (Å²) in [7, 11) is 1.90. The zero-order valence-electron chi connectivity index (χ0n) is 10.9. The van der Waals surface area contributed by atoms with Crippen LogP contribution in [0, 0.1) is 0 Å². The molecule has 1 saturated carbocycles. The third-order valence-electron chi connectivity index (χ3n) is 3.72. The van der Waals surface area contributed by atoms with E-state index in [9.17, 15) is 9.59 Å². The highest BCUT2D eigenvalue weighted by Crippen LogP contribution is 2.17. The Hall–Kier alpha value is -1.14. The van der Waals surface area contributed by atoms with Crippen LogP contribution in [0.5, 0.6) is 0 Å². The Bertz CT molecular complexity index is 311. The molecule has 18 heavy (non-hydrogen) atoms. The molecule has 6 nitrogen and oxygen atoms in total. The molecule has 0 spiro atoms. The number of hydrogen-bond acceptors (Lipinski definition) is 4. The monoisotopic (exact) mass is 254 g/mol. The number of likely N-dealkylation sites (N-methyl/N-ethyl adjacent to an activating group) is 1. The van der Waals surface area contributed by atoms with Crippen LogP contribution in [0.3, 0.4) is 0 Å². The minimum atomic E-state index is -0.355. The second-order valence-electron chi connectivity index (χ2n) is 5.23. The zero-order valence-corrected chi connectivity index (χ0v) is 10.9. The van der Waals surface area contributed by atoms with Crippen molar-refractivity contribution in [3.05, 3.63) is 0 Å². The summed E-state index contributed by atoms with van der Waals surface area (Å²) in [4.78, 5) is 25.2. The van der Waals surface area contributed by atoms with Crippen LogP contribution in [-0.4, -0.2) is 55.6 Å². The highest BCUT2D eigenvalue weighted by molar-refractivity contribution is 5.95. The van der Waals surface area contributed by atoms with E-state index in [1.54, 1.807) is 0 Å². The second-order valence-corrected chi connectivity index (χ2v) is 5.23. The van der Waals surface area contributed by atoms with Gasteiger partial charge in [0.25, 0.3) is 0 Å². The average molecular weight is 254 g/mol. The lowest BCUT2D eigenvalue weighted by Gasteiger charge is -2.35. The summed E-state index contributed by atoms with van der Waals surface area (Å²) in [6.07, 6.45) is 4.37. The quantitative estimate of drug-likeness (QED) is 0.641. The van der Waals surface area contributed by atoms with E-state index in [2.05, 4.69) is 16.0 Å². The van der Waals surface area contributed by atoms with Crippen molar-refractivity contribution in [3.63, 3.8) is 0 Å². The fourth-order valence-electron chi connectivity index (χ4n) is 2.40. The molecule has 0 radical (unpaired) electrons. The number of hydrogen-bond donors (Lipinski definition) is 3. The Morgan fingerprint density at radius 1 is 1.28 bits per heavy atom. The first kappa shape index (κ1) is 13.3. The maximum absolute atomic E-state index is 11.6. The van der Waals surface area contributed by atoms with Gasteiger partial charge < -0.3 is 10.6 Å². The Labute approximate surface area is 107 Å². The second kappa shape index (κ2) is 6.15. The highest BCUT2D eigenvalue weighted by Gasteiger charge is 2.24. The SMILES string of the molecule is CN(CC(=O)NC(=O)NC1CCCC1)C1CNC1. The van der Waals surface area contributed by atoms with Crippen molar-refractivity contribution in [1.29, 1.82) is 0 Å². The molecule has 0 aromatic heterocycles. The third-order valence-corrected chi connectivity index (χ3v) is 3.72. The van der Waals surface area contributed by atoms with E-state index in [1.807, 2.05) is 11.9 Å². The number of nitrogens with one attached hydrogen (secondary N) is 3. The van der Waals surface area contributed by atoms with E-state index < -0.39 is 0 Å². The number of carbonyl (C=O) groups is 2. The van der Waals surface area contributed by atoms with Crippen molar-refractivity contribution in [2.24, 2.45) is 0 Å².